The van der Waals surface area contributed by atoms with E-state index in [1.165, 1.54) is 22.3 Å². The molecule has 2 aromatic heterocycles. The molecular weight excluding hydrogens is 338 g/mol. The van der Waals surface area contributed by atoms with E-state index in [0.717, 1.165) is 31.2 Å². The van der Waals surface area contributed by atoms with E-state index in [1.807, 2.05) is 13.8 Å². The molecule has 0 aliphatic heterocycles. The van der Waals surface area contributed by atoms with Crippen molar-refractivity contribution >= 4 is 34.3 Å². The molecule has 0 bridgehead atoms. The molecule has 0 spiro atoms. The highest BCUT2D eigenvalue weighted by atomic mass is 32.1. The number of anilines is 1. The van der Waals surface area contributed by atoms with Crippen LogP contribution in [0.5, 0.6) is 0 Å². The lowest BCUT2D eigenvalue weighted by Crippen LogP contribution is -2.17. The largest absolute Gasteiger partial charge is 0.465 e. The first-order chi connectivity index (χ1) is 12.0. The second-order valence-electron chi connectivity index (χ2n) is 6.21. The summed E-state index contributed by atoms with van der Waals surface area (Å²) in [6, 6.07) is 3.52. The third kappa shape index (κ3) is 4.20. The van der Waals surface area contributed by atoms with Crippen molar-refractivity contribution in [2.45, 2.75) is 45.6 Å². The maximum atomic E-state index is 12.5. The van der Waals surface area contributed by atoms with Gasteiger partial charge in [-0.15, -0.1) is 11.3 Å². The van der Waals surface area contributed by atoms with E-state index in [4.69, 9.17) is 9.15 Å². The Hall–Kier alpha value is -2.34. The van der Waals surface area contributed by atoms with Gasteiger partial charge in [-0.25, -0.2) is 4.79 Å². The van der Waals surface area contributed by atoms with Crippen LogP contribution < -0.4 is 5.32 Å². The van der Waals surface area contributed by atoms with Crippen molar-refractivity contribution in [3.05, 3.63) is 46.2 Å². The van der Waals surface area contributed by atoms with E-state index in [1.54, 1.807) is 24.5 Å². The number of aryl methyl sites for hydroxylation is 1. The summed E-state index contributed by atoms with van der Waals surface area (Å²) >= 11 is 1.48. The van der Waals surface area contributed by atoms with E-state index in [2.05, 4.69) is 5.32 Å². The van der Waals surface area contributed by atoms with E-state index in [0.29, 0.717) is 16.3 Å². The molecule has 6 heteroatoms. The first-order valence-corrected chi connectivity index (χ1v) is 9.24. The number of thiophene rings is 1. The third-order valence-corrected chi connectivity index (χ3v) is 5.10. The van der Waals surface area contributed by atoms with Gasteiger partial charge < -0.3 is 14.5 Å². The van der Waals surface area contributed by atoms with Crippen molar-refractivity contribution in [1.29, 1.82) is 0 Å². The summed E-state index contributed by atoms with van der Waals surface area (Å²) in [6.07, 6.45) is 8.30. The van der Waals surface area contributed by atoms with Gasteiger partial charge in [0.05, 0.1) is 17.9 Å². The lowest BCUT2D eigenvalue weighted by atomic mass is 9.95. The summed E-state index contributed by atoms with van der Waals surface area (Å²) in [5.41, 5.74) is 1.56. The second kappa shape index (κ2) is 7.70. The van der Waals surface area contributed by atoms with Crippen LogP contribution in [0.4, 0.5) is 5.00 Å². The fourth-order valence-electron chi connectivity index (χ4n) is 2.84. The molecule has 0 atom stereocenters. The van der Waals surface area contributed by atoms with Crippen LogP contribution in [-0.2, 0) is 22.4 Å². The fraction of sp³-hybridized carbons (Fsp3) is 0.368. The Kier molecular flexibility index (Phi) is 5.38. The Morgan fingerprint density at radius 2 is 2.12 bits per heavy atom. The molecule has 2 aromatic rings. The number of carbonyl (C=O) groups is 2. The summed E-state index contributed by atoms with van der Waals surface area (Å²) < 4.78 is 10.6. The molecule has 0 unspecified atom stereocenters. The van der Waals surface area contributed by atoms with Gasteiger partial charge in [0.25, 0.3) is 0 Å². The van der Waals surface area contributed by atoms with Gasteiger partial charge in [-0.05, 0) is 63.3 Å². The normalized spacial score (nSPS) is 13.9. The van der Waals surface area contributed by atoms with Crippen LogP contribution in [0.3, 0.4) is 0 Å². The molecule has 132 valence electrons. The molecule has 2 heterocycles. The molecule has 3 rings (SSSR count). The maximum Gasteiger partial charge on any atom is 0.341 e. The highest BCUT2D eigenvalue weighted by Gasteiger charge is 2.27. The minimum Gasteiger partial charge on any atom is -0.465 e. The van der Waals surface area contributed by atoms with Crippen molar-refractivity contribution in [2.75, 3.05) is 5.32 Å². The predicted molar refractivity (Wildman–Crippen MR) is 97.9 cm³/mol. The molecule has 0 aromatic carbocycles. The van der Waals surface area contributed by atoms with Gasteiger partial charge in [-0.1, -0.05) is 0 Å². The number of nitrogens with one attached hydrogen (secondary N) is 1. The zero-order valence-corrected chi connectivity index (χ0v) is 15.2. The minimum absolute atomic E-state index is 0.200. The van der Waals surface area contributed by atoms with Gasteiger partial charge in [0, 0.05) is 11.0 Å². The fourth-order valence-corrected chi connectivity index (χ4v) is 4.12. The van der Waals surface area contributed by atoms with Crippen LogP contribution in [0.15, 0.2) is 28.9 Å². The number of carbonyl (C=O) groups excluding carboxylic acids is 2. The average molecular weight is 359 g/mol. The van der Waals surface area contributed by atoms with Gasteiger partial charge in [-0.2, -0.15) is 0 Å². The molecule has 0 fully saturated rings. The quantitative estimate of drug-likeness (QED) is 0.633. The predicted octanol–water partition coefficient (Wildman–Crippen LogP) is 4.44. The van der Waals surface area contributed by atoms with Crippen LogP contribution in [0, 0.1) is 0 Å². The van der Waals surface area contributed by atoms with Gasteiger partial charge >= 0.3 is 5.97 Å². The van der Waals surface area contributed by atoms with Crippen LogP contribution in [-0.4, -0.2) is 18.0 Å². The molecule has 5 nitrogen and oxygen atoms in total. The van der Waals surface area contributed by atoms with Crippen LogP contribution in [0.1, 0.15) is 53.2 Å². The molecule has 1 N–H and O–H groups in total. The number of furan rings is 1. The molecule has 25 heavy (non-hydrogen) atoms. The first-order valence-electron chi connectivity index (χ1n) is 8.42. The molecule has 1 amide bonds. The standard InChI is InChI=1S/C19H21NO4S/c1-12(2)24-19(22)17-14-7-3-4-8-15(14)25-18(17)20-16(21)10-9-13-6-5-11-23-13/h5-6,9-12H,3-4,7-8H2,1-2H3,(H,20,21). The van der Waals surface area contributed by atoms with E-state index >= 15 is 0 Å². The Morgan fingerprint density at radius 1 is 1.32 bits per heavy atom. The average Bonchev–Trinajstić information content (AvgIpc) is 3.19. The number of fused-ring (bicyclic) bond motifs is 1. The summed E-state index contributed by atoms with van der Waals surface area (Å²) in [7, 11) is 0. The molecule has 0 radical (unpaired) electrons. The zero-order valence-electron chi connectivity index (χ0n) is 14.3. The Labute approximate surface area is 150 Å². The van der Waals surface area contributed by atoms with Gasteiger partial charge in [0.2, 0.25) is 5.91 Å². The molecule has 0 saturated heterocycles. The van der Waals surface area contributed by atoms with E-state index in [9.17, 15) is 9.59 Å². The van der Waals surface area contributed by atoms with Gasteiger partial charge in [0.15, 0.2) is 0 Å². The third-order valence-electron chi connectivity index (χ3n) is 3.90. The number of ether oxygens (including phenoxy) is 1. The molecular formula is C19H21NO4S. The van der Waals surface area contributed by atoms with Crippen molar-refractivity contribution < 1.29 is 18.7 Å². The van der Waals surface area contributed by atoms with E-state index in [-0.39, 0.29) is 18.0 Å². The molecule has 1 aliphatic rings. The Bertz CT molecular complexity index is 787. The van der Waals surface area contributed by atoms with Crippen molar-refractivity contribution in [3.63, 3.8) is 0 Å². The van der Waals surface area contributed by atoms with Crippen LogP contribution in [0.25, 0.3) is 6.08 Å². The van der Waals surface area contributed by atoms with E-state index < -0.39 is 0 Å². The number of hydrogen-bond donors (Lipinski definition) is 1. The summed E-state index contributed by atoms with van der Waals surface area (Å²) in [5, 5.41) is 3.41. The monoisotopic (exact) mass is 359 g/mol. The number of hydrogen-bond acceptors (Lipinski definition) is 5. The summed E-state index contributed by atoms with van der Waals surface area (Å²) in [5.74, 6) is -0.0617. The topological polar surface area (TPSA) is 68.5 Å². The van der Waals surface area contributed by atoms with Crippen molar-refractivity contribution in [2.24, 2.45) is 0 Å². The first kappa shape index (κ1) is 17.5. The van der Waals surface area contributed by atoms with Crippen molar-refractivity contribution in [1.82, 2.24) is 0 Å². The number of amides is 1. The number of rotatable bonds is 5. The lowest BCUT2D eigenvalue weighted by Gasteiger charge is -2.14. The minimum atomic E-state index is -0.361. The smallest absolute Gasteiger partial charge is 0.341 e. The lowest BCUT2D eigenvalue weighted by molar-refractivity contribution is -0.111. The summed E-state index contributed by atoms with van der Waals surface area (Å²) in [4.78, 5) is 25.9. The maximum absolute atomic E-state index is 12.5. The second-order valence-corrected chi connectivity index (χ2v) is 7.31. The van der Waals surface area contributed by atoms with Gasteiger partial charge in [-0.3, -0.25) is 4.79 Å². The zero-order chi connectivity index (χ0) is 17.8. The Morgan fingerprint density at radius 3 is 2.84 bits per heavy atom. The van der Waals surface area contributed by atoms with Crippen LogP contribution >= 0.6 is 11.3 Å². The van der Waals surface area contributed by atoms with Crippen molar-refractivity contribution in [3.8, 4) is 0 Å². The van der Waals surface area contributed by atoms with Crippen LogP contribution in [0.2, 0.25) is 0 Å². The molecule has 1 aliphatic carbocycles. The van der Waals surface area contributed by atoms with Gasteiger partial charge in [0.1, 0.15) is 10.8 Å². The number of esters is 1. The summed E-state index contributed by atoms with van der Waals surface area (Å²) in [6.45, 7) is 3.64. The highest BCUT2D eigenvalue weighted by Crippen LogP contribution is 2.38. The Balaban J connectivity index is 1.83. The SMILES string of the molecule is CC(C)OC(=O)c1c(NC(=O)C=Cc2ccco2)sc2c1CCCC2. The highest BCUT2D eigenvalue weighted by molar-refractivity contribution is 7.17. The molecule has 0 saturated carbocycles.